The second-order valence-electron chi connectivity index (χ2n) is 6.75. The van der Waals surface area contributed by atoms with Gasteiger partial charge < -0.3 is 0 Å². The lowest BCUT2D eigenvalue weighted by Crippen LogP contribution is -2.04. The van der Waals surface area contributed by atoms with Crippen LogP contribution in [0.15, 0.2) is 42.7 Å². The summed E-state index contributed by atoms with van der Waals surface area (Å²) in [7, 11) is 0. The zero-order chi connectivity index (χ0) is 19.1. The van der Waals surface area contributed by atoms with Gasteiger partial charge in [-0.25, -0.2) is 9.67 Å². The molecule has 0 unspecified atom stereocenters. The van der Waals surface area contributed by atoms with Crippen LogP contribution in [0.2, 0.25) is 5.15 Å². The molecule has 8 heteroatoms. The lowest BCUT2D eigenvalue weighted by atomic mass is 10.1. The van der Waals surface area contributed by atoms with E-state index in [9.17, 15) is 0 Å². The lowest BCUT2D eigenvalue weighted by Gasteiger charge is -2.06. The minimum absolute atomic E-state index is 0.379. The van der Waals surface area contributed by atoms with Crippen molar-refractivity contribution in [1.82, 2.24) is 34.3 Å². The third-order valence-electron chi connectivity index (χ3n) is 4.83. The van der Waals surface area contributed by atoms with E-state index in [0.717, 1.165) is 53.6 Å². The quantitative estimate of drug-likeness (QED) is 0.425. The molecule has 0 aliphatic rings. The van der Waals surface area contributed by atoms with Crippen LogP contribution in [-0.4, -0.2) is 34.3 Å². The number of hydrogen-bond donors (Lipinski definition) is 0. The highest BCUT2D eigenvalue weighted by Crippen LogP contribution is 2.28. The second kappa shape index (κ2) is 6.83. The van der Waals surface area contributed by atoms with E-state index in [1.165, 1.54) is 5.56 Å². The van der Waals surface area contributed by atoms with Gasteiger partial charge in [0.1, 0.15) is 5.15 Å². The molecule has 0 N–H and O–H groups in total. The molecule has 0 atom stereocenters. The summed E-state index contributed by atoms with van der Waals surface area (Å²) in [6.07, 6.45) is 6.22. The molecule has 0 radical (unpaired) electrons. The minimum Gasteiger partial charge on any atom is -0.247 e. The fraction of sp³-hybridized carbons (Fsp3) is 0.250. The first kappa shape index (κ1) is 17.1. The summed E-state index contributed by atoms with van der Waals surface area (Å²) in [5, 5.41) is 11.2. The fourth-order valence-electron chi connectivity index (χ4n) is 3.48. The maximum absolute atomic E-state index is 6.41. The van der Waals surface area contributed by atoms with Gasteiger partial charge in [-0.05, 0) is 18.4 Å². The molecule has 0 aliphatic carbocycles. The molecule has 7 nitrogen and oxygen atoms in total. The van der Waals surface area contributed by atoms with E-state index in [0.29, 0.717) is 10.9 Å². The van der Waals surface area contributed by atoms with E-state index < -0.39 is 0 Å². The van der Waals surface area contributed by atoms with Gasteiger partial charge in [0.05, 0.1) is 22.5 Å². The van der Waals surface area contributed by atoms with Gasteiger partial charge in [-0.15, -0.1) is 5.10 Å². The Kier molecular flexibility index (Phi) is 4.16. The molecule has 0 spiro atoms. The molecule has 4 aromatic heterocycles. The van der Waals surface area contributed by atoms with Crippen molar-refractivity contribution in [2.45, 2.75) is 32.7 Å². The van der Waals surface area contributed by atoms with Crippen molar-refractivity contribution >= 4 is 39.3 Å². The topological polar surface area (TPSA) is 73.8 Å². The molecule has 0 saturated heterocycles. The summed E-state index contributed by atoms with van der Waals surface area (Å²) in [4.78, 5) is 13.5. The van der Waals surface area contributed by atoms with Crippen molar-refractivity contribution in [2.75, 3.05) is 0 Å². The Hall–Kier alpha value is -3.06. The molecule has 0 saturated carbocycles. The van der Waals surface area contributed by atoms with Crippen LogP contribution in [0.3, 0.4) is 0 Å². The fourth-order valence-corrected chi connectivity index (χ4v) is 3.70. The van der Waals surface area contributed by atoms with Crippen LogP contribution in [0.1, 0.15) is 24.7 Å². The average Bonchev–Trinajstić information content (AvgIpc) is 3.31. The number of nitrogens with zero attached hydrogens (tertiary/aromatic N) is 7. The van der Waals surface area contributed by atoms with Crippen LogP contribution in [-0.2, 0) is 19.4 Å². The van der Waals surface area contributed by atoms with Crippen LogP contribution < -0.4 is 0 Å². The monoisotopic (exact) mass is 391 g/mol. The molecular weight excluding hydrogens is 374 g/mol. The van der Waals surface area contributed by atoms with Crippen LogP contribution >= 0.6 is 11.6 Å². The van der Waals surface area contributed by atoms with Gasteiger partial charge in [0.15, 0.2) is 11.5 Å². The van der Waals surface area contributed by atoms with E-state index in [1.54, 1.807) is 10.7 Å². The Balaban J connectivity index is 1.65. The third-order valence-corrected chi connectivity index (χ3v) is 5.12. The Bertz CT molecular complexity index is 1290. The number of fused-ring (bicyclic) bond motifs is 5. The normalized spacial score (nSPS) is 11.8. The summed E-state index contributed by atoms with van der Waals surface area (Å²) in [5.41, 5.74) is 2.92. The van der Waals surface area contributed by atoms with Crippen LogP contribution in [0.25, 0.3) is 27.7 Å². The predicted octanol–water partition coefficient (Wildman–Crippen LogP) is 3.87. The van der Waals surface area contributed by atoms with E-state index in [4.69, 9.17) is 11.6 Å². The number of benzene rings is 1. The Morgan fingerprint density at radius 2 is 1.86 bits per heavy atom. The first-order valence-electron chi connectivity index (χ1n) is 9.34. The molecule has 5 rings (SSSR count). The van der Waals surface area contributed by atoms with Crippen molar-refractivity contribution in [3.63, 3.8) is 0 Å². The van der Waals surface area contributed by atoms with Crippen molar-refractivity contribution in [3.8, 4) is 0 Å². The summed E-state index contributed by atoms with van der Waals surface area (Å²) in [6, 6.07) is 10.4. The van der Waals surface area contributed by atoms with Gasteiger partial charge >= 0.3 is 0 Å². The SMILES string of the molecule is CCCc1nc2nc(Cl)c3cnc4c(cnn4CCc4ccccc4)c3n2n1. The van der Waals surface area contributed by atoms with Crippen LogP contribution in [0.4, 0.5) is 0 Å². The summed E-state index contributed by atoms with van der Waals surface area (Å²) >= 11 is 6.41. The van der Waals surface area contributed by atoms with E-state index >= 15 is 0 Å². The number of aromatic nitrogens is 7. The molecule has 4 heterocycles. The highest BCUT2D eigenvalue weighted by atomic mass is 35.5. The van der Waals surface area contributed by atoms with E-state index in [-0.39, 0.29) is 0 Å². The molecule has 0 amide bonds. The van der Waals surface area contributed by atoms with E-state index in [1.807, 2.05) is 29.1 Å². The molecule has 140 valence electrons. The smallest absolute Gasteiger partial charge is 0.247 e. The van der Waals surface area contributed by atoms with Gasteiger partial charge in [-0.2, -0.15) is 19.6 Å². The third kappa shape index (κ3) is 2.79. The molecule has 0 bridgehead atoms. The van der Waals surface area contributed by atoms with Gasteiger partial charge in [0.25, 0.3) is 5.78 Å². The average molecular weight is 392 g/mol. The highest BCUT2D eigenvalue weighted by molar-refractivity contribution is 6.35. The number of rotatable bonds is 5. The molecule has 1 aromatic carbocycles. The summed E-state index contributed by atoms with van der Waals surface area (Å²) in [6.45, 7) is 2.84. The molecule has 0 aliphatic heterocycles. The maximum atomic E-state index is 6.41. The Morgan fingerprint density at radius 3 is 2.68 bits per heavy atom. The van der Waals surface area contributed by atoms with Crippen LogP contribution in [0, 0.1) is 0 Å². The van der Waals surface area contributed by atoms with E-state index in [2.05, 4.69) is 44.2 Å². The van der Waals surface area contributed by atoms with Crippen molar-refractivity contribution in [3.05, 3.63) is 59.3 Å². The summed E-state index contributed by atoms with van der Waals surface area (Å²) in [5.74, 6) is 1.27. The van der Waals surface area contributed by atoms with Gasteiger partial charge in [0.2, 0.25) is 0 Å². The molecular formula is C20H18ClN7. The second-order valence-corrected chi connectivity index (χ2v) is 7.11. The van der Waals surface area contributed by atoms with Gasteiger partial charge in [-0.1, -0.05) is 48.9 Å². The Morgan fingerprint density at radius 1 is 1.00 bits per heavy atom. The first-order chi connectivity index (χ1) is 13.7. The van der Waals surface area contributed by atoms with Crippen molar-refractivity contribution in [2.24, 2.45) is 0 Å². The lowest BCUT2D eigenvalue weighted by molar-refractivity contribution is 0.630. The number of pyridine rings is 1. The first-order valence-corrected chi connectivity index (χ1v) is 9.71. The molecule has 0 fully saturated rings. The van der Waals surface area contributed by atoms with Crippen molar-refractivity contribution < 1.29 is 0 Å². The maximum Gasteiger partial charge on any atom is 0.254 e. The molecule has 5 aromatic rings. The predicted molar refractivity (Wildman–Crippen MR) is 109 cm³/mol. The van der Waals surface area contributed by atoms with Gasteiger partial charge in [0, 0.05) is 19.2 Å². The molecule has 28 heavy (non-hydrogen) atoms. The standard InChI is InChI=1S/C20H18ClN7/c1-2-6-16-24-20-25-18(21)14-11-22-19-15(17(14)28(20)26-16)12-23-27(19)10-9-13-7-4-3-5-8-13/h3-5,7-8,11-12H,2,6,9-10H2,1H3. The number of hydrogen-bond acceptors (Lipinski definition) is 5. The highest BCUT2D eigenvalue weighted by Gasteiger charge is 2.17. The summed E-state index contributed by atoms with van der Waals surface area (Å²) < 4.78 is 3.69. The largest absolute Gasteiger partial charge is 0.254 e. The number of aryl methyl sites for hydroxylation is 3. The number of halogens is 1. The Labute approximate surface area is 166 Å². The zero-order valence-electron chi connectivity index (χ0n) is 15.4. The minimum atomic E-state index is 0.379. The van der Waals surface area contributed by atoms with Gasteiger partial charge in [-0.3, -0.25) is 0 Å². The zero-order valence-corrected chi connectivity index (χ0v) is 16.1. The van der Waals surface area contributed by atoms with Crippen molar-refractivity contribution in [1.29, 1.82) is 0 Å². The van der Waals surface area contributed by atoms with Crippen LogP contribution in [0.5, 0.6) is 0 Å².